The lowest BCUT2D eigenvalue weighted by Crippen LogP contribution is -2.47. The lowest BCUT2D eigenvalue weighted by atomic mass is 9.87. The molecule has 0 bridgehead atoms. The van der Waals surface area contributed by atoms with Crippen molar-refractivity contribution in [1.82, 2.24) is 0 Å². The molecule has 5 unspecified atom stereocenters. The third-order valence-electron chi connectivity index (χ3n) is 3.79. The van der Waals surface area contributed by atoms with Crippen LogP contribution in [-0.2, 0) is 9.47 Å². The van der Waals surface area contributed by atoms with Crippen molar-refractivity contribution in [2.45, 2.75) is 31.1 Å². The Balaban J connectivity index is 1.92. The zero-order valence-corrected chi connectivity index (χ0v) is 13.0. The van der Waals surface area contributed by atoms with Gasteiger partial charge in [-0.15, -0.1) is 0 Å². The van der Waals surface area contributed by atoms with Gasteiger partial charge in [-0.3, -0.25) is 0 Å². The number of hydrogen-bond acceptors (Lipinski definition) is 3. The van der Waals surface area contributed by atoms with Crippen LogP contribution >= 0.6 is 15.9 Å². The maximum atomic E-state index is 14.2. The molecule has 2 rings (SSSR count). The van der Waals surface area contributed by atoms with Crippen molar-refractivity contribution < 1.29 is 18.7 Å². The largest absolute Gasteiger partial charge is 0.459 e. The molecule has 0 N–H and O–H groups in total. The number of esters is 1. The summed E-state index contributed by atoms with van der Waals surface area (Å²) < 4.78 is 24.9. The Kier molecular flexibility index (Phi) is 5.16. The second kappa shape index (κ2) is 6.68. The summed E-state index contributed by atoms with van der Waals surface area (Å²) in [6.07, 6.45) is -1.86. The normalized spacial score (nSPS) is 33.7. The van der Waals surface area contributed by atoms with Crippen LogP contribution in [0.5, 0.6) is 0 Å². The number of carbonyl (C=O) groups excluding carboxylic acids is 1. The van der Waals surface area contributed by atoms with Crippen LogP contribution in [0.2, 0.25) is 0 Å². The molecular formula is C15H18BrFO3. The van der Waals surface area contributed by atoms with Crippen molar-refractivity contribution in [2.24, 2.45) is 11.8 Å². The summed E-state index contributed by atoms with van der Waals surface area (Å²) in [7, 11) is 0. The molecule has 1 heterocycles. The molecule has 1 aromatic rings. The predicted molar refractivity (Wildman–Crippen MR) is 77.5 cm³/mol. The summed E-state index contributed by atoms with van der Waals surface area (Å²) in [6.45, 7) is 3.70. The van der Waals surface area contributed by atoms with E-state index in [-0.39, 0.29) is 23.5 Å². The van der Waals surface area contributed by atoms with E-state index in [1.807, 2.05) is 19.9 Å². The summed E-state index contributed by atoms with van der Waals surface area (Å²) in [5.41, 5.74) is 0.454. The quantitative estimate of drug-likeness (QED) is 0.621. The van der Waals surface area contributed by atoms with E-state index in [1.165, 1.54) is 0 Å². The van der Waals surface area contributed by atoms with E-state index in [1.54, 1.807) is 24.3 Å². The molecule has 1 aliphatic heterocycles. The predicted octanol–water partition coefficient (Wildman–Crippen LogP) is 3.57. The minimum atomic E-state index is -1.14. The first-order valence-corrected chi connectivity index (χ1v) is 7.58. The molecule has 1 saturated heterocycles. The van der Waals surface area contributed by atoms with E-state index < -0.39 is 18.2 Å². The number of alkyl halides is 2. The van der Waals surface area contributed by atoms with Crippen LogP contribution in [-0.4, -0.2) is 29.9 Å². The second-order valence-corrected chi connectivity index (χ2v) is 6.06. The van der Waals surface area contributed by atoms with Crippen molar-refractivity contribution >= 4 is 21.9 Å². The van der Waals surface area contributed by atoms with Gasteiger partial charge in [0.15, 0.2) is 0 Å². The van der Waals surface area contributed by atoms with Crippen LogP contribution in [0.1, 0.15) is 24.2 Å². The molecule has 0 saturated carbocycles. The number of benzene rings is 1. The zero-order valence-electron chi connectivity index (χ0n) is 11.5. The van der Waals surface area contributed by atoms with E-state index >= 15 is 0 Å². The Morgan fingerprint density at radius 1 is 1.30 bits per heavy atom. The molecule has 110 valence electrons. The van der Waals surface area contributed by atoms with Crippen LogP contribution in [0, 0.1) is 11.8 Å². The number of halogens is 2. The first-order chi connectivity index (χ1) is 9.50. The highest BCUT2D eigenvalue weighted by molar-refractivity contribution is 9.09. The minimum Gasteiger partial charge on any atom is -0.459 e. The Labute approximate surface area is 126 Å². The van der Waals surface area contributed by atoms with Gasteiger partial charge in [-0.05, 0) is 24.0 Å². The summed E-state index contributed by atoms with van der Waals surface area (Å²) in [5, 5.41) is -0.218. The van der Waals surface area contributed by atoms with E-state index in [2.05, 4.69) is 15.9 Å². The smallest absolute Gasteiger partial charge is 0.338 e. The lowest BCUT2D eigenvalue weighted by molar-refractivity contribution is -0.125. The lowest BCUT2D eigenvalue weighted by Gasteiger charge is -2.38. The van der Waals surface area contributed by atoms with Crippen LogP contribution < -0.4 is 0 Å². The Hall–Kier alpha value is -0.940. The molecule has 0 amide bonds. The third kappa shape index (κ3) is 3.38. The molecule has 0 aliphatic carbocycles. The molecule has 1 fully saturated rings. The van der Waals surface area contributed by atoms with Crippen molar-refractivity contribution in [3.63, 3.8) is 0 Å². The number of ether oxygens (including phenoxy) is 2. The van der Waals surface area contributed by atoms with E-state index in [4.69, 9.17) is 9.47 Å². The summed E-state index contributed by atoms with van der Waals surface area (Å²) in [4.78, 5) is 11.8. The Bertz CT molecular complexity index is 454. The fraction of sp³-hybridized carbons (Fsp3) is 0.533. The highest BCUT2D eigenvalue weighted by atomic mass is 79.9. The Morgan fingerprint density at radius 2 is 1.95 bits per heavy atom. The molecule has 1 aliphatic rings. The Morgan fingerprint density at radius 3 is 2.60 bits per heavy atom. The molecule has 1 aromatic carbocycles. The highest BCUT2D eigenvalue weighted by Gasteiger charge is 2.41. The standard InChI is InChI=1S/C15H18BrFO3/c1-9-10(2)14(16)20-12(13(9)17)8-19-15(18)11-6-4-3-5-7-11/h3-7,9-10,12-14H,8H2,1-2H3. The van der Waals surface area contributed by atoms with E-state index in [0.717, 1.165) is 0 Å². The van der Waals surface area contributed by atoms with Gasteiger partial charge in [0, 0.05) is 0 Å². The zero-order chi connectivity index (χ0) is 14.7. The average Bonchev–Trinajstić information content (AvgIpc) is 2.48. The molecule has 0 radical (unpaired) electrons. The van der Waals surface area contributed by atoms with E-state index in [9.17, 15) is 9.18 Å². The van der Waals surface area contributed by atoms with Gasteiger partial charge in [0.05, 0.1) is 5.56 Å². The van der Waals surface area contributed by atoms with Gasteiger partial charge < -0.3 is 9.47 Å². The second-order valence-electron chi connectivity index (χ2n) is 5.15. The first-order valence-electron chi connectivity index (χ1n) is 6.66. The molecule has 5 atom stereocenters. The van der Waals surface area contributed by atoms with Crippen LogP contribution in [0.3, 0.4) is 0 Å². The molecule has 0 aromatic heterocycles. The van der Waals surface area contributed by atoms with Gasteiger partial charge in [-0.2, -0.15) is 0 Å². The average molecular weight is 345 g/mol. The van der Waals surface area contributed by atoms with Gasteiger partial charge >= 0.3 is 5.97 Å². The van der Waals surface area contributed by atoms with Gasteiger partial charge in [-0.1, -0.05) is 48.0 Å². The molecule has 3 nitrogen and oxygen atoms in total. The number of carbonyl (C=O) groups is 1. The van der Waals surface area contributed by atoms with Crippen LogP contribution in [0.25, 0.3) is 0 Å². The van der Waals surface area contributed by atoms with Gasteiger partial charge in [-0.25, -0.2) is 9.18 Å². The van der Waals surface area contributed by atoms with Crippen LogP contribution in [0.15, 0.2) is 30.3 Å². The van der Waals surface area contributed by atoms with Crippen molar-refractivity contribution in [3.05, 3.63) is 35.9 Å². The first kappa shape index (κ1) is 15.4. The monoisotopic (exact) mass is 344 g/mol. The number of hydrogen-bond donors (Lipinski definition) is 0. The summed E-state index contributed by atoms with van der Waals surface area (Å²) in [6, 6.07) is 8.65. The van der Waals surface area contributed by atoms with Crippen LogP contribution in [0.4, 0.5) is 4.39 Å². The maximum absolute atomic E-state index is 14.2. The molecule has 0 spiro atoms. The number of rotatable bonds is 3. The minimum absolute atomic E-state index is 0.0751. The summed E-state index contributed by atoms with van der Waals surface area (Å²) >= 11 is 3.38. The summed E-state index contributed by atoms with van der Waals surface area (Å²) in [5.74, 6) is -0.529. The van der Waals surface area contributed by atoms with Crippen molar-refractivity contribution in [2.75, 3.05) is 6.61 Å². The third-order valence-corrected chi connectivity index (χ3v) is 4.84. The topological polar surface area (TPSA) is 35.5 Å². The molecule has 20 heavy (non-hydrogen) atoms. The van der Waals surface area contributed by atoms with E-state index in [0.29, 0.717) is 5.56 Å². The van der Waals surface area contributed by atoms with Gasteiger partial charge in [0.25, 0.3) is 0 Å². The molecular weight excluding hydrogens is 327 g/mol. The highest BCUT2D eigenvalue weighted by Crippen LogP contribution is 2.35. The fourth-order valence-corrected chi connectivity index (χ4v) is 2.94. The van der Waals surface area contributed by atoms with Crippen molar-refractivity contribution in [3.8, 4) is 0 Å². The fourth-order valence-electron chi connectivity index (χ4n) is 2.18. The maximum Gasteiger partial charge on any atom is 0.338 e. The van der Waals surface area contributed by atoms with Gasteiger partial charge in [0.1, 0.15) is 23.9 Å². The molecule has 5 heteroatoms. The van der Waals surface area contributed by atoms with Crippen molar-refractivity contribution in [1.29, 1.82) is 0 Å². The SMILES string of the molecule is CC1C(Br)OC(COC(=O)c2ccccc2)C(F)C1C. The van der Waals surface area contributed by atoms with Gasteiger partial charge in [0.2, 0.25) is 0 Å².